The molecule has 5 N–H and O–H groups in total. The van der Waals surface area contributed by atoms with Gasteiger partial charge in [-0.15, -0.1) is 11.3 Å². The minimum Gasteiger partial charge on any atom is -0.351 e. The summed E-state index contributed by atoms with van der Waals surface area (Å²) in [5.41, 5.74) is 10.4. The van der Waals surface area contributed by atoms with Crippen LogP contribution in [0.2, 0.25) is 0 Å². The van der Waals surface area contributed by atoms with Crippen molar-refractivity contribution in [3.05, 3.63) is 77.8 Å². The van der Waals surface area contributed by atoms with Gasteiger partial charge in [0, 0.05) is 11.6 Å². The highest BCUT2D eigenvalue weighted by Gasteiger charge is 1.91. The molecule has 0 fully saturated rings. The van der Waals surface area contributed by atoms with Crippen molar-refractivity contribution in [3.8, 4) is 11.1 Å². The highest BCUT2D eigenvalue weighted by molar-refractivity contribution is 7.07. The molecule has 1 aromatic heterocycles. The van der Waals surface area contributed by atoms with E-state index in [0.29, 0.717) is 0 Å². The number of thiazole rings is 1. The Morgan fingerprint density at radius 3 is 1.64 bits per heavy atom. The van der Waals surface area contributed by atoms with E-state index in [9.17, 15) is 4.79 Å². The fourth-order valence-electron chi connectivity index (χ4n) is 1.44. The zero-order valence-corrected chi connectivity index (χ0v) is 12.7. The van der Waals surface area contributed by atoms with Gasteiger partial charge in [0.25, 0.3) is 0 Å². The lowest BCUT2D eigenvalue weighted by atomic mass is 10.1. The van der Waals surface area contributed by atoms with Crippen LogP contribution < -0.4 is 17.0 Å². The van der Waals surface area contributed by atoms with Gasteiger partial charge in [-0.25, -0.2) is 10.6 Å². The minimum absolute atomic E-state index is 0.718. The Kier molecular flexibility index (Phi) is 8.69. The summed E-state index contributed by atoms with van der Waals surface area (Å²) < 4.78 is 0. The van der Waals surface area contributed by atoms with E-state index in [1.54, 1.807) is 28.5 Å². The largest absolute Gasteiger partial charge is 0.351 e. The number of hydrogen-bond donors (Lipinski definition) is 3. The van der Waals surface area contributed by atoms with Gasteiger partial charge in [0.05, 0.1) is 5.51 Å². The van der Waals surface area contributed by atoms with Crippen molar-refractivity contribution in [3.63, 3.8) is 0 Å². The van der Waals surface area contributed by atoms with Crippen molar-refractivity contribution < 1.29 is 4.79 Å². The third-order valence-corrected chi connectivity index (χ3v) is 2.89. The number of primary amides is 1. The van der Waals surface area contributed by atoms with E-state index in [1.807, 2.05) is 17.5 Å². The molecule has 0 atom stereocenters. The number of nitrogens with zero attached hydrogens (tertiary/aromatic N) is 1. The fourth-order valence-corrected chi connectivity index (χ4v) is 1.79. The molecular formula is C16H18N4OS. The van der Waals surface area contributed by atoms with Crippen LogP contribution in [-0.2, 0) is 0 Å². The lowest BCUT2D eigenvalue weighted by Gasteiger charge is -1.98. The molecule has 0 aliphatic rings. The number of hydrazine groups is 1. The predicted molar refractivity (Wildman–Crippen MR) is 90.9 cm³/mol. The van der Waals surface area contributed by atoms with Crippen molar-refractivity contribution in [2.24, 2.45) is 11.6 Å². The van der Waals surface area contributed by atoms with E-state index in [-0.39, 0.29) is 0 Å². The van der Waals surface area contributed by atoms with E-state index < -0.39 is 6.03 Å². The van der Waals surface area contributed by atoms with E-state index in [2.05, 4.69) is 65.1 Å². The van der Waals surface area contributed by atoms with E-state index in [1.165, 1.54) is 11.1 Å². The SMILES string of the molecule is NNC(N)=O.c1ccc(-c2ccccc2)cc1.c1cscn1. The van der Waals surface area contributed by atoms with Gasteiger partial charge in [0.2, 0.25) is 0 Å². The summed E-state index contributed by atoms with van der Waals surface area (Å²) in [5, 5.41) is 1.93. The maximum absolute atomic E-state index is 9.35. The number of nitrogens with one attached hydrogen (secondary N) is 1. The lowest BCUT2D eigenvalue weighted by molar-refractivity contribution is 0.249. The van der Waals surface area contributed by atoms with Gasteiger partial charge in [0.15, 0.2) is 0 Å². The molecule has 3 rings (SSSR count). The van der Waals surface area contributed by atoms with Crippen LogP contribution in [0.25, 0.3) is 11.1 Å². The van der Waals surface area contributed by atoms with Crippen LogP contribution in [0.15, 0.2) is 77.8 Å². The molecule has 0 spiro atoms. The molecule has 0 aliphatic carbocycles. The Morgan fingerprint density at radius 1 is 0.955 bits per heavy atom. The molecule has 5 nitrogen and oxygen atoms in total. The van der Waals surface area contributed by atoms with Crippen LogP contribution in [0, 0.1) is 0 Å². The summed E-state index contributed by atoms with van der Waals surface area (Å²) >= 11 is 1.60. The molecule has 114 valence electrons. The molecule has 0 unspecified atom stereocenters. The number of nitrogens with two attached hydrogens (primary N) is 2. The summed E-state index contributed by atoms with van der Waals surface area (Å²) in [6, 6.07) is 20.1. The Hall–Kier alpha value is -2.70. The second-order valence-electron chi connectivity index (χ2n) is 3.92. The minimum atomic E-state index is -0.718. The van der Waals surface area contributed by atoms with Crippen LogP contribution in [0.4, 0.5) is 4.79 Å². The quantitative estimate of drug-likeness (QED) is 0.366. The van der Waals surface area contributed by atoms with Crippen molar-refractivity contribution in [1.29, 1.82) is 0 Å². The Balaban J connectivity index is 0.000000201. The molecule has 0 saturated heterocycles. The van der Waals surface area contributed by atoms with Gasteiger partial charge < -0.3 is 5.73 Å². The lowest BCUT2D eigenvalue weighted by Crippen LogP contribution is -2.34. The first kappa shape index (κ1) is 17.4. The number of hydrogen-bond acceptors (Lipinski definition) is 4. The average Bonchev–Trinajstić information content (AvgIpc) is 3.17. The number of amides is 2. The van der Waals surface area contributed by atoms with Gasteiger partial charge in [-0.05, 0) is 11.1 Å². The molecule has 2 amide bonds. The van der Waals surface area contributed by atoms with Crippen LogP contribution in [-0.4, -0.2) is 11.0 Å². The third kappa shape index (κ3) is 7.78. The van der Waals surface area contributed by atoms with Crippen LogP contribution >= 0.6 is 11.3 Å². The molecular weight excluding hydrogens is 296 g/mol. The van der Waals surface area contributed by atoms with E-state index in [4.69, 9.17) is 0 Å². The van der Waals surface area contributed by atoms with E-state index >= 15 is 0 Å². The molecule has 0 radical (unpaired) electrons. The standard InChI is InChI=1S/C12H10.C3H3NS.CH5N3O/c1-3-7-11(8-4-1)12-9-5-2-6-10-12;1-2-5-3-4-1;2-1(5)4-3/h1-10H;1-3H;3H2,(H3,2,4,5). The highest BCUT2D eigenvalue weighted by atomic mass is 32.1. The normalized spacial score (nSPS) is 8.59. The Labute approximate surface area is 133 Å². The first-order chi connectivity index (χ1) is 10.7. The smallest absolute Gasteiger partial charge is 0.326 e. The Morgan fingerprint density at radius 2 is 1.41 bits per heavy atom. The van der Waals surface area contributed by atoms with Gasteiger partial charge in [-0.2, -0.15) is 0 Å². The Bertz CT molecular complexity index is 560. The second-order valence-corrected chi connectivity index (χ2v) is 4.67. The number of rotatable bonds is 1. The number of urea groups is 1. The van der Waals surface area contributed by atoms with Gasteiger partial charge in [-0.3, -0.25) is 10.4 Å². The van der Waals surface area contributed by atoms with Crippen molar-refractivity contribution in [1.82, 2.24) is 10.4 Å². The van der Waals surface area contributed by atoms with Crippen molar-refractivity contribution >= 4 is 17.4 Å². The first-order valence-corrected chi connectivity index (χ1v) is 7.37. The summed E-state index contributed by atoms with van der Waals surface area (Å²) in [6.45, 7) is 0. The average molecular weight is 314 g/mol. The zero-order chi connectivity index (χ0) is 16.0. The fraction of sp³-hybridized carbons (Fsp3) is 0. The maximum Gasteiger partial charge on any atom is 0.326 e. The summed E-state index contributed by atoms with van der Waals surface area (Å²) in [6.07, 6.45) is 1.77. The highest BCUT2D eigenvalue weighted by Crippen LogP contribution is 2.17. The second kappa shape index (κ2) is 11.0. The number of aromatic nitrogens is 1. The van der Waals surface area contributed by atoms with Crippen LogP contribution in [0.5, 0.6) is 0 Å². The maximum atomic E-state index is 9.35. The van der Waals surface area contributed by atoms with Gasteiger partial charge in [-0.1, -0.05) is 60.7 Å². The molecule has 22 heavy (non-hydrogen) atoms. The number of carbonyl (C=O) groups is 1. The zero-order valence-electron chi connectivity index (χ0n) is 11.9. The molecule has 1 heterocycles. The molecule has 0 saturated carbocycles. The van der Waals surface area contributed by atoms with Crippen LogP contribution in [0.1, 0.15) is 0 Å². The molecule has 2 aromatic carbocycles. The van der Waals surface area contributed by atoms with E-state index in [0.717, 1.165) is 0 Å². The van der Waals surface area contributed by atoms with Gasteiger partial charge in [0.1, 0.15) is 0 Å². The van der Waals surface area contributed by atoms with Gasteiger partial charge >= 0.3 is 6.03 Å². The number of benzene rings is 2. The molecule has 0 aliphatic heterocycles. The van der Waals surface area contributed by atoms with Crippen molar-refractivity contribution in [2.75, 3.05) is 0 Å². The number of carbonyl (C=O) groups excluding carboxylic acids is 1. The molecule has 0 bridgehead atoms. The first-order valence-electron chi connectivity index (χ1n) is 6.42. The summed E-state index contributed by atoms with van der Waals surface area (Å²) in [7, 11) is 0. The monoisotopic (exact) mass is 314 g/mol. The summed E-state index contributed by atoms with van der Waals surface area (Å²) in [4.78, 5) is 13.1. The molecule has 6 heteroatoms. The third-order valence-electron chi connectivity index (χ3n) is 2.37. The molecule has 3 aromatic rings. The van der Waals surface area contributed by atoms with Crippen molar-refractivity contribution in [2.45, 2.75) is 0 Å². The topological polar surface area (TPSA) is 94.0 Å². The van der Waals surface area contributed by atoms with Crippen LogP contribution in [0.3, 0.4) is 0 Å². The summed E-state index contributed by atoms with van der Waals surface area (Å²) in [5.74, 6) is 4.45. The predicted octanol–water partition coefficient (Wildman–Crippen LogP) is 3.03.